The number of cyclic esters (lactones) is 1. The maximum Gasteiger partial charge on any atom is 0.341 e. The van der Waals surface area contributed by atoms with Crippen LogP contribution in [0.3, 0.4) is 0 Å². The van der Waals surface area contributed by atoms with Crippen LogP contribution in [0.2, 0.25) is 0 Å². The zero-order valence-electron chi connectivity index (χ0n) is 5.78. The van der Waals surface area contributed by atoms with E-state index in [-0.39, 0.29) is 5.97 Å². The van der Waals surface area contributed by atoms with Gasteiger partial charge in [0.25, 0.3) is 0 Å². The first kappa shape index (κ1) is 6.27. The SMILES string of the molecule is O=C1OCCc2ncncc21. The lowest BCUT2D eigenvalue weighted by molar-refractivity contribution is 0.0476. The first-order valence-corrected chi connectivity index (χ1v) is 3.34. The quantitative estimate of drug-likeness (QED) is 0.495. The third-order valence-electron chi connectivity index (χ3n) is 1.59. The molecule has 0 aliphatic carbocycles. The number of fused-ring (bicyclic) bond motifs is 1. The van der Waals surface area contributed by atoms with Gasteiger partial charge in [-0.2, -0.15) is 0 Å². The van der Waals surface area contributed by atoms with E-state index in [1.165, 1.54) is 12.5 Å². The van der Waals surface area contributed by atoms with Crippen molar-refractivity contribution in [3.63, 3.8) is 0 Å². The van der Waals surface area contributed by atoms with Crippen LogP contribution in [0.4, 0.5) is 0 Å². The average molecular weight is 150 g/mol. The molecule has 0 aromatic carbocycles. The summed E-state index contributed by atoms with van der Waals surface area (Å²) in [4.78, 5) is 18.7. The van der Waals surface area contributed by atoms with E-state index in [2.05, 4.69) is 9.97 Å². The van der Waals surface area contributed by atoms with Gasteiger partial charge in [0.1, 0.15) is 6.33 Å². The molecule has 0 unspecified atom stereocenters. The topological polar surface area (TPSA) is 52.1 Å². The predicted octanol–water partition coefficient (Wildman–Crippen LogP) is 0.190. The van der Waals surface area contributed by atoms with Gasteiger partial charge in [0.2, 0.25) is 0 Å². The standard InChI is InChI=1S/C7H6N2O2/c10-7-5-3-8-4-9-6(5)1-2-11-7/h3-4H,1-2H2. The molecule has 0 fully saturated rings. The first-order valence-electron chi connectivity index (χ1n) is 3.34. The molecule has 0 bridgehead atoms. The van der Waals surface area contributed by atoms with Crippen LogP contribution in [0, 0.1) is 0 Å². The van der Waals surface area contributed by atoms with Gasteiger partial charge in [0.05, 0.1) is 17.9 Å². The Morgan fingerprint density at radius 2 is 2.45 bits per heavy atom. The fourth-order valence-corrected chi connectivity index (χ4v) is 1.04. The highest BCUT2D eigenvalue weighted by molar-refractivity contribution is 5.90. The molecule has 0 saturated heterocycles. The lowest BCUT2D eigenvalue weighted by atomic mass is 10.1. The number of esters is 1. The molecular weight excluding hydrogens is 144 g/mol. The molecule has 0 radical (unpaired) electrons. The summed E-state index contributed by atoms with van der Waals surface area (Å²) in [5.74, 6) is -0.313. The van der Waals surface area contributed by atoms with Crippen LogP contribution in [0.1, 0.15) is 16.1 Å². The number of carbonyl (C=O) groups is 1. The number of nitrogens with zero attached hydrogens (tertiary/aromatic N) is 2. The molecule has 4 nitrogen and oxygen atoms in total. The van der Waals surface area contributed by atoms with E-state index in [1.807, 2.05) is 0 Å². The molecule has 1 aromatic heterocycles. The monoisotopic (exact) mass is 150 g/mol. The van der Waals surface area contributed by atoms with Crippen LogP contribution in [-0.4, -0.2) is 22.5 Å². The molecule has 2 rings (SSSR count). The van der Waals surface area contributed by atoms with Crippen LogP contribution in [0.15, 0.2) is 12.5 Å². The lowest BCUT2D eigenvalue weighted by Crippen LogP contribution is -2.18. The molecule has 0 atom stereocenters. The van der Waals surface area contributed by atoms with Gasteiger partial charge in [-0.1, -0.05) is 0 Å². The largest absolute Gasteiger partial charge is 0.462 e. The molecular formula is C7H6N2O2. The molecule has 1 aromatic rings. The Kier molecular flexibility index (Phi) is 1.31. The third-order valence-corrected chi connectivity index (χ3v) is 1.59. The molecule has 0 saturated carbocycles. The number of hydrogen-bond acceptors (Lipinski definition) is 4. The maximum absolute atomic E-state index is 11.0. The summed E-state index contributed by atoms with van der Waals surface area (Å²) < 4.78 is 4.79. The summed E-state index contributed by atoms with van der Waals surface area (Å²) in [7, 11) is 0. The number of hydrogen-bond donors (Lipinski definition) is 0. The normalized spacial score (nSPS) is 15.5. The van der Waals surface area contributed by atoms with Crippen molar-refractivity contribution in [1.82, 2.24) is 9.97 Å². The molecule has 1 aliphatic heterocycles. The highest BCUT2D eigenvalue weighted by Crippen LogP contribution is 2.11. The van der Waals surface area contributed by atoms with Crippen LogP contribution in [0.5, 0.6) is 0 Å². The predicted molar refractivity (Wildman–Crippen MR) is 36.0 cm³/mol. The van der Waals surface area contributed by atoms with Gasteiger partial charge in [0.15, 0.2) is 0 Å². The Labute approximate surface area is 63.2 Å². The van der Waals surface area contributed by atoms with Gasteiger partial charge in [-0.25, -0.2) is 14.8 Å². The smallest absolute Gasteiger partial charge is 0.341 e. The first-order chi connectivity index (χ1) is 5.38. The molecule has 1 aliphatic rings. The highest BCUT2D eigenvalue weighted by Gasteiger charge is 2.18. The van der Waals surface area contributed by atoms with E-state index < -0.39 is 0 Å². The summed E-state index contributed by atoms with van der Waals surface area (Å²) in [6.07, 6.45) is 3.63. The Hall–Kier alpha value is -1.45. The van der Waals surface area contributed by atoms with E-state index in [0.717, 1.165) is 5.69 Å². The number of ether oxygens (including phenoxy) is 1. The molecule has 4 heteroatoms. The lowest BCUT2D eigenvalue weighted by Gasteiger charge is -2.12. The second-order valence-corrected chi connectivity index (χ2v) is 2.27. The Bertz CT molecular complexity index is 298. The van der Waals surface area contributed by atoms with E-state index in [1.54, 1.807) is 0 Å². The summed E-state index contributed by atoms with van der Waals surface area (Å²) in [5.41, 5.74) is 1.29. The fourth-order valence-electron chi connectivity index (χ4n) is 1.04. The number of carbonyl (C=O) groups excluding carboxylic acids is 1. The average Bonchev–Trinajstić information content (AvgIpc) is 2.06. The Morgan fingerprint density at radius 1 is 1.55 bits per heavy atom. The van der Waals surface area contributed by atoms with E-state index in [4.69, 9.17) is 4.74 Å². The second kappa shape index (κ2) is 2.30. The van der Waals surface area contributed by atoms with E-state index >= 15 is 0 Å². The van der Waals surface area contributed by atoms with Crippen molar-refractivity contribution in [2.45, 2.75) is 6.42 Å². The van der Waals surface area contributed by atoms with Crippen LogP contribution in [0.25, 0.3) is 0 Å². The van der Waals surface area contributed by atoms with Crippen LogP contribution >= 0.6 is 0 Å². The molecule has 0 N–H and O–H groups in total. The van der Waals surface area contributed by atoms with Crippen molar-refractivity contribution in [3.05, 3.63) is 23.8 Å². The van der Waals surface area contributed by atoms with Gasteiger partial charge in [-0.3, -0.25) is 0 Å². The van der Waals surface area contributed by atoms with Crippen molar-refractivity contribution < 1.29 is 9.53 Å². The minimum Gasteiger partial charge on any atom is -0.462 e. The fraction of sp³-hybridized carbons (Fsp3) is 0.286. The minimum atomic E-state index is -0.313. The van der Waals surface area contributed by atoms with Gasteiger partial charge in [-0.15, -0.1) is 0 Å². The van der Waals surface area contributed by atoms with E-state index in [0.29, 0.717) is 18.6 Å². The van der Waals surface area contributed by atoms with Gasteiger partial charge in [-0.05, 0) is 0 Å². The summed E-state index contributed by atoms with van der Waals surface area (Å²) in [6, 6.07) is 0. The van der Waals surface area contributed by atoms with Crippen molar-refractivity contribution in [3.8, 4) is 0 Å². The van der Waals surface area contributed by atoms with Gasteiger partial charge in [0, 0.05) is 12.6 Å². The van der Waals surface area contributed by atoms with Crippen molar-refractivity contribution in [2.24, 2.45) is 0 Å². The number of aromatic nitrogens is 2. The Balaban J connectivity index is 2.52. The molecule has 11 heavy (non-hydrogen) atoms. The number of rotatable bonds is 0. The second-order valence-electron chi connectivity index (χ2n) is 2.27. The molecule has 0 amide bonds. The molecule has 2 heterocycles. The maximum atomic E-state index is 11.0. The molecule has 56 valence electrons. The van der Waals surface area contributed by atoms with Crippen LogP contribution < -0.4 is 0 Å². The third kappa shape index (κ3) is 0.960. The minimum absolute atomic E-state index is 0.313. The summed E-state index contributed by atoms with van der Waals surface area (Å²) in [6.45, 7) is 0.433. The van der Waals surface area contributed by atoms with Gasteiger partial charge < -0.3 is 4.74 Å². The zero-order valence-corrected chi connectivity index (χ0v) is 5.78. The summed E-state index contributed by atoms with van der Waals surface area (Å²) >= 11 is 0. The summed E-state index contributed by atoms with van der Waals surface area (Å²) in [5, 5.41) is 0. The van der Waals surface area contributed by atoms with Crippen molar-refractivity contribution >= 4 is 5.97 Å². The van der Waals surface area contributed by atoms with E-state index in [9.17, 15) is 4.79 Å². The molecule has 0 spiro atoms. The van der Waals surface area contributed by atoms with Crippen molar-refractivity contribution in [1.29, 1.82) is 0 Å². The Morgan fingerprint density at radius 3 is 3.27 bits per heavy atom. The van der Waals surface area contributed by atoms with Gasteiger partial charge >= 0.3 is 5.97 Å². The van der Waals surface area contributed by atoms with Crippen LogP contribution in [-0.2, 0) is 11.2 Å². The highest BCUT2D eigenvalue weighted by atomic mass is 16.5. The zero-order chi connectivity index (χ0) is 7.68. The van der Waals surface area contributed by atoms with Crippen molar-refractivity contribution in [2.75, 3.05) is 6.61 Å².